The fraction of sp³-hybridized carbons (Fsp3) is 0.174. The molecular weight excluding hydrogens is 471 g/mol. The van der Waals surface area contributed by atoms with Crippen molar-refractivity contribution in [3.8, 4) is 22.8 Å². The summed E-state index contributed by atoms with van der Waals surface area (Å²) in [5.41, 5.74) is 3.16. The standard InChI is InChI=1S/C23H18F3N3O4S/c1-13-19(14(2)33-29-13)11-31-17-7-5-16(6-8-17)21(30)28-22-27-20(12-34-22)15-3-9-18(10-4-15)32-23(24,25)26/h3-10,12H,11H2,1-2H3,(H,27,28,30). The normalized spacial score (nSPS) is 11.3. The summed E-state index contributed by atoms with van der Waals surface area (Å²) >= 11 is 1.20. The van der Waals surface area contributed by atoms with Crippen LogP contribution >= 0.6 is 11.3 Å². The van der Waals surface area contributed by atoms with E-state index in [0.29, 0.717) is 40.1 Å². The molecular formula is C23H18F3N3O4S. The van der Waals surface area contributed by atoms with Gasteiger partial charge < -0.3 is 14.0 Å². The van der Waals surface area contributed by atoms with Crippen molar-refractivity contribution >= 4 is 22.4 Å². The van der Waals surface area contributed by atoms with Gasteiger partial charge in [0.1, 0.15) is 23.9 Å². The highest BCUT2D eigenvalue weighted by atomic mass is 32.1. The lowest BCUT2D eigenvalue weighted by Gasteiger charge is -2.08. The Hall–Kier alpha value is -3.86. The fourth-order valence-corrected chi connectivity index (χ4v) is 3.74. The molecule has 4 aromatic rings. The molecule has 11 heteroatoms. The van der Waals surface area contributed by atoms with E-state index >= 15 is 0 Å². The van der Waals surface area contributed by atoms with Gasteiger partial charge in [-0.25, -0.2) is 4.98 Å². The van der Waals surface area contributed by atoms with Gasteiger partial charge in [-0.2, -0.15) is 0 Å². The van der Waals surface area contributed by atoms with Gasteiger partial charge in [-0.1, -0.05) is 5.16 Å². The second-order valence-corrected chi connectivity index (χ2v) is 8.04. The molecule has 0 unspecified atom stereocenters. The van der Waals surface area contributed by atoms with E-state index in [4.69, 9.17) is 9.26 Å². The largest absolute Gasteiger partial charge is 0.573 e. The zero-order valence-electron chi connectivity index (χ0n) is 18.0. The molecule has 0 aliphatic heterocycles. The predicted octanol–water partition coefficient (Wildman–Crippen LogP) is 6.14. The Kier molecular flexibility index (Phi) is 6.55. The first kappa shape index (κ1) is 23.3. The maximum absolute atomic E-state index is 12.6. The van der Waals surface area contributed by atoms with E-state index in [0.717, 1.165) is 11.3 Å². The van der Waals surface area contributed by atoms with Gasteiger partial charge in [-0.15, -0.1) is 24.5 Å². The summed E-state index contributed by atoms with van der Waals surface area (Å²) in [7, 11) is 0. The fourth-order valence-electron chi connectivity index (χ4n) is 3.03. The number of nitrogens with zero attached hydrogens (tertiary/aromatic N) is 2. The van der Waals surface area contributed by atoms with Gasteiger partial charge in [0.15, 0.2) is 5.13 Å². The Morgan fingerprint density at radius 2 is 1.74 bits per heavy atom. The zero-order valence-corrected chi connectivity index (χ0v) is 18.8. The summed E-state index contributed by atoms with van der Waals surface area (Å²) < 4.78 is 51.6. The Morgan fingerprint density at radius 3 is 2.35 bits per heavy atom. The van der Waals surface area contributed by atoms with Crippen LogP contribution in [0.1, 0.15) is 27.4 Å². The van der Waals surface area contributed by atoms with Gasteiger partial charge >= 0.3 is 6.36 Å². The van der Waals surface area contributed by atoms with E-state index in [1.54, 1.807) is 29.6 Å². The number of amides is 1. The Morgan fingerprint density at radius 1 is 1.06 bits per heavy atom. The van der Waals surface area contributed by atoms with E-state index in [2.05, 4.69) is 20.2 Å². The van der Waals surface area contributed by atoms with Crippen molar-refractivity contribution in [2.75, 3.05) is 5.32 Å². The minimum Gasteiger partial charge on any atom is -0.489 e. The lowest BCUT2D eigenvalue weighted by atomic mass is 10.2. The second-order valence-electron chi connectivity index (χ2n) is 7.18. The number of benzene rings is 2. The maximum atomic E-state index is 12.6. The van der Waals surface area contributed by atoms with Gasteiger partial charge in [0.2, 0.25) is 0 Å². The number of carbonyl (C=O) groups excluding carboxylic acids is 1. The highest BCUT2D eigenvalue weighted by Crippen LogP contribution is 2.29. The molecule has 0 saturated heterocycles. The van der Waals surface area contributed by atoms with Crippen molar-refractivity contribution in [2.24, 2.45) is 0 Å². The molecule has 2 aromatic carbocycles. The maximum Gasteiger partial charge on any atom is 0.573 e. The van der Waals surface area contributed by atoms with E-state index in [1.807, 2.05) is 13.8 Å². The summed E-state index contributed by atoms with van der Waals surface area (Å²) in [6.45, 7) is 3.95. The molecule has 1 N–H and O–H groups in total. The van der Waals surface area contributed by atoms with Crippen LogP contribution in [0.4, 0.5) is 18.3 Å². The molecule has 176 valence electrons. The summed E-state index contributed by atoms with van der Waals surface area (Å²) in [5.74, 6) is 0.610. The molecule has 0 radical (unpaired) electrons. The molecule has 0 aliphatic rings. The van der Waals surface area contributed by atoms with Gasteiger partial charge in [0.25, 0.3) is 5.91 Å². The number of alkyl halides is 3. The van der Waals surface area contributed by atoms with E-state index in [1.165, 1.54) is 35.6 Å². The molecule has 0 saturated carbocycles. The number of carbonyl (C=O) groups is 1. The molecule has 0 aliphatic carbocycles. The molecule has 0 spiro atoms. The van der Waals surface area contributed by atoms with Gasteiger partial charge in [0, 0.05) is 16.5 Å². The number of halogens is 3. The number of hydrogen-bond donors (Lipinski definition) is 1. The monoisotopic (exact) mass is 489 g/mol. The summed E-state index contributed by atoms with van der Waals surface area (Å²) in [5, 5.41) is 8.65. The van der Waals surface area contributed by atoms with Crippen molar-refractivity contribution in [2.45, 2.75) is 26.8 Å². The number of nitrogens with one attached hydrogen (secondary N) is 1. The summed E-state index contributed by atoms with van der Waals surface area (Å²) in [6, 6.07) is 12.0. The van der Waals surface area contributed by atoms with Crippen molar-refractivity contribution in [1.82, 2.24) is 10.1 Å². The number of hydrogen-bond acceptors (Lipinski definition) is 7. The number of ether oxygens (including phenoxy) is 2. The lowest BCUT2D eigenvalue weighted by Crippen LogP contribution is -2.16. The first-order chi connectivity index (χ1) is 16.2. The number of anilines is 1. The van der Waals surface area contributed by atoms with Crippen LogP contribution in [-0.4, -0.2) is 22.4 Å². The second kappa shape index (κ2) is 9.56. The highest BCUT2D eigenvalue weighted by Gasteiger charge is 2.31. The summed E-state index contributed by atoms with van der Waals surface area (Å²) in [6.07, 6.45) is -4.75. The van der Waals surface area contributed by atoms with Crippen LogP contribution in [0.3, 0.4) is 0 Å². The molecule has 34 heavy (non-hydrogen) atoms. The quantitative estimate of drug-likeness (QED) is 0.335. The molecule has 1 amide bonds. The molecule has 2 aromatic heterocycles. The Balaban J connectivity index is 1.35. The third kappa shape index (κ3) is 5.73. The smallest absolute Gasteiger partial charge is 0.489 e. The van der Waals surface area contributed by atoms with E-state index in [-0.39, 0.29) is 11.7 Å². The van der Waals surface area contributed by atoms with Crippen LogP contribution in [0.15, 0.2) is 58.4 Å². The third-order valence-corrected chi connectivity index (χ3v) is 5.55. The van der Waals surface area contributed by atoms with Crippen LogP contribution in [-0.2, 0) is 6.61 Å². The van der Waals surface area contributed by atoms with Crippen molar-refractivity contribution in [1.29, 1.82) is 0 Å². The molecule has 2 heterocycles. The number of aromatic nitrogens is 2. The van der Waals surface area contributed by atoms with Crippen LogP contribution in [0.5, 0.6) is 11.5 Å². The number of rotatable bonds is 7. The first-order valence-corrected chi connectivity index (χ1v) is 10.8. The van der Waals surface area contributed by atoms with Crippen LogP contribution in [0.25, 0.3) is 11.3 Å². The lowest BCUT2D eigenvalue weighted by molar-refractivity contribution is -0.274. The third-order valence-electron chi connectivity index (χ3n) is 4.79. The topological polar surface area (TPSA) is 86.5 Å². The van der Waals surface area contributed by atoms with Crippen molar-refractivity contribution in [3.05, 3.63) is 76.5 Å². The summed E-state index contributed by atoms with van der Waals surface area (Å²) in [4.78, 5) is 16.9. The van der Waals surface area contributed by atoms with E-state index in [9.17, 15) is 18.0 Å². The van der Waals surface area contributed by atoms with Gasteiger partial charge in [-0.05, 0) is 62.4 Å². The average Bonchev–Trinajstić information content (AvgIpc) is 3.38. The van der Waals surface area contributed by atoms with Crippen LogP contribution in [0.2, 0.25) is 0 Å². The number of thiazole rings is 1. The Labute approximate surface area is 196 Å². The van der Waals surface area contributed by atoms with Crippen LogP contribution < -0.4 is 14.8 Å². The number of aryl methyl sites for hydroxylation is 2. The van der Waals surface area contributed by atoms with E-state index < -0.39 is 6.36 Å². The average molecular weight is 489 g/mol. The van der Waals surface area contributed by atoms with Gasteiger partial charge in [0.05, 0.1) is 17.0 Å². The minimum absolute atomic E-state index is 0.303. The molecule has 0 fully saturated rings. The minimum atomic E-state index is -4.75. The highest BCUT2D eigenvalue weighted by molar-refractivity contribution is 7.14. The van der Waals surface area contributed by atoms with Crippen molar-refractivity contribution in [3.63, 3.8) is 0 Å². The zero-order chi connectivity index (χ0) is 24.3. The SMILES string of the molecule is Cc1noc(C)c1COc1ccc(C(=O)Nc2nc(-c3ccc(OC(F)(F)F)cc3)cs2)cc1. The van der Waals surface area contributed by atoms with Crippen molar-refractivity contribution < 1.29 is 32.0 Å². The first-order valence-electron chi connectivity index (χ1n) is 9.95. The predicted molar refractivity (Wildman–Crippen MR) is 119 cm³/mol. The van der Waals surface area contributed by atoms with Gasteiger partial charge in [-0.3, -0.25) is 10.1 Å². The van der Waals surface area contributed by atoms with Crippen LogP contribution in [0, 0.1) is 13.8 Å². The molecule has 0 bridgehead atoms. The molecule has 7 nitrogen and oxygen atoms in total. The molecule has 0 atom stereocenters. The Bertz CT molecular complexity index is 1260. The molecule has 4 rings (SSSR count).